The van der Waals surface area contributed by atoms with Crippen LogP contribution in [0.1, 0.15) is 20.3 Å². The first kappa shape index (κ1) is 14.8. The van der Waals surface area contributed by atoms with Crippen LogP contribution in [0, 0.1) is 0 Å². The van der Waals surface area contributed by atoms with E-state index in [0.717, 1.165) is 0 Å². The molecule has 0 fully saturated rings. The molecule has 1 unspecified atom stereocenters. The molecule has 0 heterocycles. The van der Waals surface area contributed by atoms with Gasteiger partial charge in [0.05, 0.1) is 5.02 Å². The first-order valence-electron chi connectivity index (χ1n) is 5.44. The van der Waals surface area contributed by atoms with E-state index in [1.807, 2.05) is 11.6 Å². The molecule has 18 heavy (non-hydrogen) atoms. The molecule has 7 heteroatoms. The highest BCUT2D eigenvalue weighted by Crippen LogP contribution is 2.19. The number of carbonyl (C=O) groups is 1. The Balaban J connectivity index is 2.84. The Kier molecular flexibility index (Phi) is 4.98. The quantitative estimate of drug-likeness (QED) is 0.892. The third-order valence-corrected chi connectivity index (χ3v) is 4.17. The highest BCUT2D eigenvalue weighted by atomic mass is 35.5. The molecular formula is C11H15ClN2O3S. The van der Waals surface area contributed by atoms with Crippen molar-refractivity contribution in [3.63, 3.8) is 0 Å². The zero-order valence-corrected chi connectivity index (χ0v) is 11.7. The van der Waals surface area contributed by atoms with Crippen molar-refractivity contribution in [1.29, 1.82) is 0 Å². The molecule has 0 aromatic heterocycles. The Bertz CT molecular complexity index is 531. The van der Waals surface area contributed by atoms with E-state index in [4.69, 9.17) is 11.6 Å². The first-order valence-corrected chi connectivity index (χ1v) is 7.30. The molecule has 1 aromatic carbocycles. The van der Waals surface area contributed by atoms with Crippen LogP contribution in [-0.4, -0.2) is 20.5 Å². The Morgan fingerprint density at radius 1 is 1.39 bits per heavy atom. The second-order valence-corrected chi connectivity index (χ2v) is 5.88. The van der Waals surface area contributed by atoms with Crippen LogP contribution in [0.25, 0.3) is 0 Å². The van der Waals surface area contributed by atoms with E-state index in [1.165, 1.54) is 18.2 Å². The summed E-state index contributed by atoms with van der Waals surface area (Å²) in [6.45, 7) is 3.66. The lowest BCUT2D eigenvalue weighted by Gasteiger charge is -2.13. The summed E-state index contributed by atoms with van der Waals surface area (Å²) in [7, 11) is -3.94. The number of hydrogen-bond acceptors (Lipinski definition) is 3. The third kappa shape index (κ3) is 3.89. The number of amides is 2. The van der Waals surface area contributed by atoms with Crippen molar-refractivity contribution in [1.82, 2.24) is 10.0 Å². The van der Waals surface area contributed by atoms with Crippen LogP contribution in [0.15, 0.2) is 29.2 Å². The lowest BCUT2D eigenvalue weighted by atomic mass is 10.3. The smallest absolute Gasteiger partial charge is 0.328 e. The molecule has 2 amide bonds. The van der Waals surface area contributed by atoms with E-state index < -0.39 is 16.1 Å². The van der Waals surface area contributed by atoms with E-state index in [-0.39, 0.29) is 16.0 Å². The molecule has 1 atom stereocenters. The van der Waals surface area contributed by atoms with Gasteiger partial charge >= 0.3 is 6.03 Å². The number of sulfonamides is 1. The number of rotatable bonds is 4. The van der Waals surface area contributed by atoms with Gasteiger partial charge in [-0.1, -0.05) is 30.7 Å². The number of nitrogens with one attached hydrogen (secondary N) is 2. The van der Waals surface area contributed by atoms with Gasteiger partial charge in [-0.05, 0) is 25.5 Å². The molecule has 100 valence electrons. The van der Waals surface area contributed by atoms with Gasteiger partial charge < -0.3 is 5.32 Å². The van der Waals surface area contributed by atoms with Crippen molar-refractivity contribution in [3.05, 3.63) is 29.3 Å². The minimum Gasteiger partial charge on any atom is -0.335 e. The molecule has 2 N–H and O–H groups in total. The molecule has 1 rings (SSSR count). The summed E-state index contributed by atoms with van der Waals surface area (Å²) in [5.74, 6) is 0. The summed E-state index contributed by atoms with van der Waals surface area (Å²) in [5, 5.41) is 2.57. The Hall–Kier alpha value is -1.27. The minimum absolute atomic E-state index is 0.0707. The highest BCUT2D eigenvalue weighted by Gasteiger charge is 2.20. The maximum absolute atomic E-state index is 11.9. The van der Waals surface area contributed by atoms with Gasteiger partial charge in [0.2, 0.25) is 0 Å². The van der Waals surface area contributed by atoms with E-state index in [9.17, 15) is 13.2 Å². The van der Waals surface area contributed by atoms with Crippen molar-refractivity contribution in [2.45, 2.75) is 31.2 Å². The highest BCUT2D eigenvalue weighted by molar-refractivity contribution is 7.90. The van der Waals surface area contributed by atoms with Crippen LogP contribution in [-0.2, 0) is 10.0 Å². The molecule has 0 spiro atoms. The van der Waals surface area contributed by atoms with Crippen LogP contribution in [0.2, 0.25) is 5.02 Å². The molecule has 0 aliphatic rings. The fourth-order valence-electron chi connectivity index (χ4n) is 1.20. The molecule has 0 aliphatic heterocycles. The first-order chi connectivity index (χ1) is 8.36. The van der Waals surface area contributed by atoms with Gasteiger partial charge in [-0.15, -0.1) is 0 Å². The van der Waals surface area contributed by atoms with E-state index in [1.54, 1.807) is 13.0 Å². The molecule has 0 aliphatic carbocycles. The standard InChI is InChI=1S/C11H15ClN2O3S/c1-3-8(2)13-11(15)14-18(16,17)10-7-5-4-6-9(10)12/h4-8H,3H2,1-2H3,(H2,13,14,15). The summed E-state index contributed by atoms with van der Waals surface area (Å²) in [5.41, 5.74) is 0. The number of halogens is 1. The largest absolute Gasteiger partial charge is 0.335 e. The van der Waals surface area contributed by atoms with E-state index >= 15 is 0 Å². The molecule has 5 nitrogen and oxygen atoms in total. The number of carbonyl (C=O) groups excluding carboxylic acids is 1. The maximum Gasteiger partial charge on any atom is 0.328 e. The van der Waals surface area contributed by atoms with Crippen molar-refractivity contribution < 1.29 is 13.2 Å². The number of hydrogen-bond donors (Lipinski definition) is 2. The summed E-state index contributed by atoms with van der Waals surface area (Å²) in [4.78, 5) is 11.3. The van der Waals surface area contributed by atoms with Crippen LogP contribution < -0.4 is 10.0 Å². The summed E-state index contributed by atoms with van der Waals surface area (Å²) in [6.07, 6.45) is 0.708. The summed E-state index contributed by atoms with van der Waals surface area (Å²) >= 11 is 5.77. The monoisotopic (exact) mass is 290 g/mol. The van der Waals surface area contributed by atoms with E-state index in [2.05, 4.69) is 5.32 Å². The van der Waals surface area contributed by atoms with Gasteiger partial charge in [0.25, 0.3) is 10.0 Å². The molecule has 0 radical (unpaired) electrons. The van der Waals surface area contributed by atoms with Crippen molar-refractivity contribution >= 4 is 27.7 Å². The van der Waals surface area contributed by atoms with Crippen molar-refractivity contribution in [2.75, 3.05) is 0 Å². The van der Waals surface area contributed by atoms with Crippen molar-refractivity contribution in [2.24, 2.45) is 0 Å². The topological polar surface area (TPSA) is 75.3 Å². The summed E-state index contributed by atoms with van der Waals surface area (Å²) in [6, 6.07) is 5.06. The fraction of sp³-hybridized carbons (Fsp3) is 0.364. The lowest BCUT2D eigenvalue weighted by Crippen LogP contribution is -2.43. The SMILES string of the molecule is CCC(C)NC(=O)NS(=O)(=O)c1ccccc1Cl. The van der Waals surface area contributed by atoms with Crippen LogP contribution in [0.5, 0.6) is 0 Å². The third-order valence-electron chi connectivity index (χ3n) is 2.34. The van der Waals surface area contributed by atoms with E-state index in [0.29, 0.717) is 6.42 Å². The Morgan fingerprint density at radius 3 is 2.56 bits per heavy atom. The summed E-state index contributed by atoms with van der Waals surface area (Å²) < 4.78 is 25.7. The van der Waals surface area contributed by atoms with Crippen molar-refractivity contribution in [3.8, 4) is 0 Å². The van der Waals surface area contributed by atoms with Crippen LogP contribution in [0.4, 0.5) is 4.79 Å². The maximum atomic E-state index is 11.9. The molecular weight excluding hydrogens is 276 g/mol. The fourth-order valence-corrected chi connectivity index (χ4v) is 2.63. The minimum atomic E-state index is -3.94. The predicted octanol–water partition coefficient (Wildman–Crippen LogP) is 2.13. The zero-order chi connectivity index (χ0) is 13.8. The zero-order valence-electron chi connectivity index (χ0n) is 10.1. The Morgan fingerprint density at radius 2 is 2.00 bits per heavy atom. The van der Waals surface area contributed by atoms with Crippen LogP contribution >= 0.6 is 11.6 Å². The predicted molar refractivity (Wildman–Crippen MR) is 70.1 cm³/mol. The number of urea groups is 1. The van der Waals surface area contributed by atoms with Gasteiger partial charge in [-0.2, -0.15) is 0 Å². The molecule has 0 saturated carbocycles. The molecule has 0 bridgehead atoms. The number of benzene rings is 1. The lowest BCUT2D eigenvalue weighted by molar-refractivity contribution is 0.242. The molecule has 0 saturated heterocycles. The second kappa shape index (κ2) is 6.06. The van der Waals surface area contributed by atoms with Gasteiger partial charge in [0.1, 0.15) is 4.90 Å². The van der Waals surface area contributed by atoms with Gasteiger partial charge in [-0.3, -0.25) is 0 Å². The average molecular weight is 291 g/mol. The normalized spacial score (nSPS) is 12.8. The average Bonchev–Trinajstić information content (AvgIpc) is 2.28. The van der Waals surface area contributed by atoms with Gasteiger partial charge in [-0.25, -0.2) is 17.9 Å². The second-order valence-electron chi connectivity index (χ2n) is 3.82. The van der Waals surface area contributed by atoms with Gasteiger partial charge in [0, 0.05) is 6.04 Å². The Labute approximate surface area is 112 Å². The van der Waals surface area contributed by atoms with Gasteiger partial charge in [0.15, 0.2) is 0 Å². The van der Waals surface area contributed by atoms with Crippen LogP contribution in [0.3, 0.4) is 0 Å². The molecule has 1 aromatic rings.